The highest BCUT2D eigenvalue weighted by Gasteiger charge is 2.37. The lowest BCUT2D eigenvalue weighted by Crippen LogP contribution is -2.28. The Morgan fingerprint density at radius 3 is 2.38 bits per heavy atom. The number of nitrogens with zero attached hydrogens (tertiary/aromatic N) is 1. The molecule has 0 saturated carbocycles. The Kier molecular flexibility index (Phi) is 5.59. The summed E-state index contributed by atoms with van der Waals surface area (Å²) in [6.07, 6.45) is -1.66. The molecule has 0 aliphatic rings. The Balaban J connectivity index is 1.75. The van der Waals surface area contributed by atoms with E-state index in [1.165, 1.54) is 18.2 Å². The Hall–Kier alpha value is -3.34. The average molecular weight is 424 g/mol. The summed E-state index contributed by atoms with van der Waals surface area (Å²) in [5.74, 6) is 0. The lowest BCUT2D eigenvalue weighted by Gasteiger charge is -2.13. The highest BCUT2D eigenvalue weighted by molar-refractivity contribution is 7.91. The Labute approximate surface area is 163 Å². The van der Waals surface area contributed by atoms with Gasteiger partial charge in [-0.3, -0.25) is 5.10 Å². The van der Waals surface area contributed by atoms with E-state index in [1.807, 2.05) is 0 Å². The van der Waals surface area contributed by atoms with Gasteiger partial charge in [-0.25, -0.2) is 13.2 Å². The second-order valence-electron chi connectivity index (χ2n) is 5.94. The number of urea groups is 1. The van der Waals surface area contributed by atoms with Crippen molar-refractivity contribution < 1.29 is 26.4 Å². The second-order valence-corrected chi connectivity index (χ2v) is 7.85. The number of carbonyl (C=O) groups is 1. The molecule has 0 aliphatic heterocycles. The predicted molar refractivity (Wildman–Crippen MR) is 97.8 cm³/mol. The van der Waals surface area contributed by atoms with Crippen LogP contribution in [0.15, 0.2) is 70.7 Å². The molecule has 0 spiro atoms. The Morgan fingerprint density at radius 1 is 1.07 bits per heavy atom. The molecule has 29 heavy (non-hydrogen) atoms. The lowest BCUT2D eigenvalue weighted by atomic mass is 10.2. The van der Waals surface area contributed by atoms with Crippen LogP contribution in [0.5, 0.6) is 0 Å². The van der Waals surface area contributed by atoms with Gasteiger partial charge in [0.05, 0.1) is 21.6 Å². The van der Waals surface area contributed by atoms with Gasteiger partial charge in [-0.2, -0.15) is 18.3 Å². The zero-order chi connectivity index (χ0) is 21.1. The van der Waals surface area contributed by atoms with E-state index in [2.05, 4.69) is 20.8 Å². The van der Waals surface area contributed by atoms with Crippen LogP contribution >= 0.6 is 0 Å². The zero-order valence-corrected chi connectivity index (χ0v) is 15.5. The number of benzene rings is 2. The third kappa shape index (κ3) is 4.74. The van der Waals surface area contributed by atoms with Gasteiger partial charge in [-0.15, -0.1) is 0 Å². The minimum absolute atomic E-state index is 0.225. The summed E-state index contributed by atoms with van der Waals surface area (Å²) in [6.45, 7) is 0.225. The number of halogens is 3. The van der Waals surface area contributed by atoms with E-state index in [9.17, 15) is 26.4 Å². The third-order valence-corrected chi connectivity index (χ3v) is 5.74. The van der Waals surface area contributed by atoms with Gasteiger partial charge in [-0.05, 0) is 36.4 Å². The molecular weight excluding hydrogens is 409 g/mol. The van der Waals surface area contributed by atoms with Crippen molar-refractivity contribution in [3.8, 4) is 0 Å². The number of carbonyl (C=O) groups excluding carboxylic acids is 1. The second kappa shape index (κ2) is 7.95. The van der Waals surface area contributed by atoms with Crippen LogP contribution in [0.4, 0.5) is 23.7 Å². The van der Waals surface area contributed by atoms with Crippen LogP contribution in [0.3, 0.4) is 0 Å². The Bertz CT molecular complexity index is 1100. The van der Waals surface area contributed by atoms with Crippen molar-refractivity contribution >= 4 is 21.6 Å². The number of aromatic nitrogens is 2. The van der Waals surface area contributed by atoms with Crippen LogP contribution in [0.2, 0.25) is 0 Å². The molecule has 0 radical (unpaired) electrons. The first-order valence-electron chi connectivity index (χ1n) is 8.22. The quantitative estimate of drug-likeness (QED) is 0.582. The van der Waals surface area contributed by atoms with Gasteiger partial charge in [0.1, 0.15) is 0 Å². The van der Waals surface area contributed by atoms with Crippen LogP contribution in [-0.2, 0) is 22.6 Å². The number of alkyl halides is 3. The lowest BCUT2D eigenvalue weighted by molar-refractivity contribution is -0.139. The first-order chi connectivity index (χ1) is 13.7. The van der Waals surface area contributed by atoms with E-state index in [4.69, 9.17) is 0 Å². The molecule has 0 aliphatic carbocycles. The number of rotatable bonds is 5. The monoisotopic (exact) mass is 424 g/mol. The van der Waals surface area contributed by atoms with Crippen molar-refractivity contribution in [1.82, 2.24) is 15.5 Å². The number of aromatic amines is 1. The van der Waals surface area contributed by atoms with Crippen molar-refractivity contribution in [2.24, 2.45) is 0 Å². The van der Waals surface area contributed by atoms with Gasteiger partial charge in [0.15, 0.2) is 0 Å². The number of sulfone groups is 1. The van der Waals surface area contributed by atoms with Crippen molar-refractivity contribution in [1.29, 1.82) is 0 Å². The molecule has 2 aromatic carbocycles. The van der Waals surface area contributed by atoms with Crippen LogP contribution in [0.1, 0.15) is 11.1 Å². The summed E-state index contributed by atoms with van der Waals surface area (Å²) in [5, 5.41) is 11.4. The van der Waals surface area contributed by atoms with E-state index in [0.717, 1.165) is 29.8 Å². The molecule has 3 rings (SSSR count). The SMILES string of the molecule is O=C(NCc1cn[nH]c1)Nc1ccc(S(=O)(=O)c2ccccc2C(F)(F)F)cc1. The maximum atomic E-state index is 13.2. The first kappa shape index (κ1) is 20.4. The van der Waals surface area contributed by atoms with E-state index in [0.29, 0.717) is 6.07 Å². The number of anilines is 1. The molecule has 0 fully saturated rings. The topological polar surface area (TPSA) is 104 Å². The molecular formula is C18H15F3N4O3S. The van der Waals surface area contributed by atoms with Crippen molar-refractivity contribution in [3.63, 3.8) is 0 Å². The molecule has 7 nitrogen and oxygen atoms in total. The zero-order valence-electron chi connectivity index (χ0n) is 14.7. The summed E-state index contributed by atoms with van der Waals surface area (Å²) >= 11 is 0. The van der Waals surface area contributed by atoms with Gasteiger partial charge < -0.3 is 10.6 Å². The fourth-order valence-corrected chi connectivity index (χ4v) is 3.99. The number of amides is 2. The molecule has 2 amide bonds. The van der Waals surface area contributed by atoms with Crippen molar-refractivity contribution in [2.75, 3.05) is 5.32 Å². The van der Waals surface area contributed by atoms with Gasteiger partial charge in [0.25, 0.3) is 0 Å². The smallest absolute Gasteiger partial charge is 0.334 e. The van der Waals surface area contributed by atoms with Gasteiger partial charge >= 0.3 is 12.2 Å². The summed E-state index contributed by atoms with van der Waals surface area (Å²) in [7, 11) is -4.40. The van der Waals surface area contributed by atoms with Crippen molar-refractivity contribution in [2.45, 2.75) is 22.5 Å². The molecule has 0 atom stereocenters. The molecule has 0 bridgehead atoms. The van der Waals surface area contributed by atoms with Crippen molar-refractivity contribution in [3.05, 3.63) is 72.1 Å². The summed E-state index contributed by atoms with van der Waals surface area (Å²) in [5.41, 5.74) is -0.205. The molecule has 3 N–H and O–H groups in total. The molecule has 0 unspecified atom stereocenters. The van der Waals surface area contributed by atoms with Gasteiger partial charge in [0, 0.05) is 24.0 Å². The minimum Gasteiger partial charge on any atom is -0.334 e. The molecule has 11 heteroatoms. The van der Waals surface area contributed by atoms with E-state index in [1.54, 1.807) is 12.4 Å². The number of H-pyrrole nitrogens is 1. The van der Waals surface area contributed by atoms with E-state index in [-0.39, 0.29) is 17.1 Å². The van der Waals surface area contributed by atoms with E-state index >= 15 is 0 Å². The first-order valence-corrected chi connectivity index (χ1v) is 9.70. The molecule has 0 saturated heterocycles. The molecule has 3 aromatic rings. The van der Waals surface area contributed by atoms with Crippen LogP contribution < -0.4 is 10.6 Å². The van der Waals surface area contributed by atoms with Gasteiger partial charge in [-0.1, -0.05) is 12.1 Å². The summed E-state index contributed by atoms with van der Waals surface area (Å²) in [6, 6.07) is 8.29. The number of nitrogens with one attached hydrogen (secondary N) is 3. The van der Waals surface area contributed by atoms with Crippen LogP contribution in [0, 0.1) is 0 Å². The van der Waals surface area contributed by atoms with Crippen LogP contribution in [0.25, 0.3) is 0 Å². The fraction of sp³-hybridized carbons (Fsp3) is 0.111. The Morgan fingerprint density at radius 2 is 1.76 bits per heavy atom. The average Bonchev–Trinajstić information content (AvgIpc) is 3.20. The largest absolute Gasteiger partial charge is 0.417 e. The maximum Gasteiger partial charge on any atom is 0.417 e. The number of hydrogen-bond acceptors (Lipinski definition) is 4. The molecule has 1 heterocycles. The highest BCUT2D eigenvalue weighted by Crippen LogP contribution is 2.36. The third-order valence-electron chi connectivity index (χ3n) is 3.91. The molecule has 152 valence electrons. The fourth-order valence-electron chi connectivity index (χ4n) is 2.51. The standard InChI is InChI=1S/C18H15F3N4O3S/c19-18(20,21)15-3-1-2-4-16(15)29(27,28)14-7-5-13(6-8-14)25-17(26)22-9-12-10-23-24-11-12/h1-8,10-11H,9H2,(H,23,24)(H2,22,25,26). The minimum atomic E-state index is -4.81. The summed E-state index contributed by atoms with van der Waals surface area (Å²) < 4.78 is 64.8. The molecule has 1 aromatic heterocycles. The predicted octanol–water partition coefficient (Wildman–Crippen LogP) is 3.58. The normalized spacial score (nSPS) is 11.8. The van der Waals surface area contributed by atoms with E-state index < -0.39 is 32.5 Å². The summed E-state index contributed by atoms with van der Waals surface area (Å²) in [4.78, 5) is 10.7. The van der Waals surface area contributed by atoms with Gasteiger partial charge in [0.2, 0.25) is 9.84 Å². The number of hydrogen-bond donors (Lipinski definition) is 3. The highest BCUT2D eigenvalue weighted by atomic mass is 32.2. The maximum absolute atomic E-state index is 13.2. The van der Waals surface area contributed by atoms with Crippen LogP contribution in [-0.4, -0.2) is 24.6 Å².